The van der Waals surface area contributed by atoms with Crippen molar-refractivity contribution in [3.8, 4) is 5.75 Å². The quantitative estimate of drug-likeness (QED) is 0.493. The number of halogens is 1. The number of carbonyl (C=O) groups excluding carboxylic acids is 2. The first-order valence-electron chi connectivity index (χ1n) is 9.13. The van der Waals surface area contributed by atoms with E-state index < -0.39 is 0 Å². The fraction of sp³-hybridized carbons (Fsp3) is 0.316. The molecule has 0 aliphatic heterocycles. The normalized spacial score (nSPS) is 10.7. The molecule has 0 saturated heterocycles. The van der Waals surface area contributed by atoms with Gasteiger partial charge in [-0.2, -0.15) is 0 Å². The number of benzene rings is 1. The van der Waals surface area contributed by atoms with Crippen molar-refractivity contribution in [1.82, 2.24) is 24.6 Å². The van der Waals surface area contributed by atoms with Gasteiger partial charge in [0.05, 0.1) is 16.5 Å². The SMILES string of the molecule is Cc1nc(NC(=O)CSc2nnc(COc3ccccc3Cl)n2C)sc1C(=O)N(C)C. The minimum atomic E-state index is -0.250. The predicted octanol–water partition coefficient (Wildman–Crippen LogP) is 3.25. The van der Waals surface area contributed by atoms with E-state index in [4.69, 9.17) is 16.3 Å². The van der Waals surface area contributed by atoms with Crippen LogP contribution in [0.15, 0.2) is 29.4 Å². The first-order valence-corrected chi connectivity index (χ1v) is 11.3. The first kappa shape index (κ1) is 23.0. The zero-order valence-electron chi connectivity index (χ0n) is 17.4. The molecular formula is C19H21ClN6O3S2. The third-order valence-electron chi connectivity index (χ3n) is 4.09. The summed E-state index contributed by atoms with van der Waals surface area (Å²) >= 11 is 8.48. The second-order valence-electron chi connectivity index (χ2n) is 6.65. The predicted molar refractivity (Wildman–Crippen MR) is 121 cm³/mol. The molecule has 3 rings (SSSR count). The Morgan fingerprint density at radius 3 is 2.74 bits per heavy atom. The van der Waals surface area contributed by atoms with E-state index >= 15 is 0 Å². The number of aryl methyl sites for hydroxylation is 1. The van der Waals surface area contributed by atoms with E-state index in [1.807, 2.05) is 12.1 Å². The van der Waals surface area contributed by atoms with Crippen molar-refractivity contribution in [1.29, 1.82) is 0 Å². The topological polar surface area (TPSA) is 102 Å². The molecule has 0 spiro atoms. The maximum atomic E-state index is 12.3. The smallest absolute Gasteiger partial charge is 0.265 e. The van der Waals surface area contributed by atoms with Crippen molar-refractivity contribution < 1.29 is 14.3 Å². The Morgan fingerprint density at radius 1 is 1.29 bits per heavy atom. The summed E-state index contributed by atoms with van der Waals surface area (Å²) in [5, 5.41) is 12.4. The van der Waals surface area contributed by atoms with Gasteiger partial charge in [0.15, 0.2) is 16.1 Å². The molecular weight excluding hydrogens is 460 g/mol. The second kappa shape index (κ2) is 10.1. The van der Waals surface area contributed by atoms with E-state index in [0.29, 0.717) is 37.5 Å². The van der Waals surface area contributed by atoms with Crippen LogP contribution in [-0.4, -0.2) is 56.3 Å². The molecule has 0 bridgehead atoms. The van der Waals surface area contributed by atoms with Crippen LogP contribution in [0.5, 0.6) is 5.75 Å². The number of hydrogen-bond donors (Lipinski definition) is 1. The van der Waals surface area contributed by atoms with Crippen molar-refractivity contribution in [2.24, 2.45) is 7.05 Å². The van der Waals surface area contributed by atoms with Gasteiger partial charge in [-0.1, -0.05) is 46.8 Å². The lowest BCUT2D eigenvalue weighted by Gasteiger charge is -2.08. The van der Waals surface area contributed by atoms with Crippen LogP contribution in [0, 0.1) is 6.92 Å². The van der Waals surface area contributed by atoms with Crippen LogP contribution in [0.3, 0.4) is 0 Å². The second-order valence-corrected chi connectivity index (χ2v) is 9.00. The fourth-order valence-corrected chi connectivity index (χ4v) is 4.36. The number of aromatic nitrogens is 4. The Bertz CT molecular complexity index is 1100. The number of rotatable bonds is 8. The number of carbonyl (C=O) groups is 2. The minimum absolute atomic E-state index is 0.118. The highest BCUT2D eigenvalue weighted by Gasteiger charge is 2.18. The highest BCUT2D eigenvalue weighted by atomic mass is 35.5. The summed E-state index contributed by atoms with van der Waals surface area (Å²) < 4.78 is 7.45. The van der Waals surface area contributed by atoms with E-state index in [9.17, 15) is 9.59 Å². The first-order chi connectivity index (χ1) is 14.8. The van der Waals surface area contributed by atoms with E-state index in [1.54, 1.807) is 44.8 Å². The Morgan fingerprint density at radius 2 is 2.03 bits per heavy atom. The van der Waals surface area contributed by atoms with Gasteiger partial charge in [0, 0.05) is 21.1 Å². The standard InChI is InChI=1S/C19H21ClN6O3S2/c1-11-16(17(28)25(2)3)31-18(21-11)22-15(27)10-30-19-24-23-14(26(19)4)9-29-13-8-6-5-7-12(13)20/h5-8H,9-10H2,1-4H3,(H,21,22,27). The molecule has 12 heteroatoms. The van der Waals surface area contributed by atoms with E-state index in [0.717, 1.165) is 11.3 Å². The highest BCUT2D eigenvalue weighted by molar-refractivity contribution is 7.99. The molecule has 0 radical (unpaired) electrons. The zero-order chi connectivity index (χ0) is 22.5. The highest BCUT2D eigenvalue weighted by Crippen LogP contribution is 2.25. The molecule has 2 amide bonds. The van der Waals surface area contributed by atoms with Crippen LogP contribution in [-0.2, 0) is 18.4 Å². The summed E-state index contributed by atoms with van der Waals surface area (Å²) in [5.41, 5.74) is 0.586. The number of nitrogens with zero attached hydrogens (tertiary/aromatic N) is 5. The zero-order valence-corrected chi connectivity index (χ0v) is 19.8. The lowest BCUT2D eigenvalue weighted by Crippen LogP contribution is -2.21. The van der Waals surface area contributed by atoms with Crippen LogP contribution in [0.2, 0.25) is 5.02 Å². The molecule has 2 heterocycles. The summed E-state index contributed by atoms with van der Waals surface area (Å²) in [5.74, 6) is 0.888. The summed E-state index contributed by atoms with van der Waals surface area (Å²) in [6, 6.07) is 7.18. The van der Waals surface area contributed by atoms with E-state index in [1.165, 1.54) is 16.7 Å². The van der Waals surface area contributed by atoms with Crippen LogP contribution in [0.1, 0.15) is 21.2 Å². The van der Waals surface area contributed by atoms with Crippen LogP contribution in [0.4, 0.5) is 5.13 Å². The summed E-state index contributed by atoms with van der Waals surface area (Å²) in [6.07, 6.45) is 0. The number of nitrogens with one attached hydrogen (secondary N) is 1. The van der Waals surface area contributed by atoms with Crippen molar-refractivity contribution in [3.63, 3.8) is 0 Å². The molecule has 2 aromatic heterocycles. The van der Waals surface area contributed by atoms with Gasteiger partial charge in [0.25, 0.3) is 5.91 Å². The average molecular weight is 481 g/mol. The number of anilines is 1. The lowest BCUT2D eigenvalue weighted by molar-refractivity contribution is -0.113. The molecule has 0 saturated carbocycles. The number of hydrogen-bond acceptors (Lipinski definition) is 8. The molecule has 1 N–H and O–H groups in total. The Kier molecular flexibility index (Phi) is 7.52. The molecule has 0 atom stereocenters. The van der Waals surface area contributed by atoms with E-state index in [-0.39, 0.29) is 24.2 Å². The molecule has 1 aromatic carbocycles. The van der Waals surface area contributed by atoms with Gasteiger partial charge in [-0.3, -0.25) is 9.59 Å². The molecule has 164 valence electrons. The average Bonchev–Trinajstić information content (AvgIpc) is 3.27. The van der Waals surface area contributed by atoms with E-state index in [2.05, 4.69) is 20.5 Å². The van der Waals surface area contributed by atoms with Gasteiger partial charge in [0.1, 0.15) is 17.2 Å². The summed E-state index contributed by atoms with van der Waals surface area (Å²) in [4.78, 5) is 30.7. The molecule has 0 fully saturated rings. The summed E-state index contributed by atoms with van der Waals surface area (Å²) in [6.45, 7) is 1.94. The van der Waals surface area contributed by atoms with Gasteiger partial charge in [-0.05, 0) is 19.1 Å². The van der Waals surface area contributed by atoms with Crippen LogP contribution >= 0.6 is 34.7 Å². The van der Waals surface area contributed by atoms with Crippen LogP contribution < -0.4 is 10.1 Å². The third-order valence-corrected chi connectivity index (χ3v) is 6.49. The van der Waals surface area contributed by atoms with Crippen LogP contribution in [0.25, 0.3) is 0 Å². The number of thioether (sulfide) groups is 1. The number of ether oxygens (including phenoxy) is 1. The monoisotopic (exact) mass is 480 g/mol. The Hall–Kier alpha value is -2.63. The summed E-state index contributed by atoms with van der Waals surface area (Å²) in [7, 11) is 5.14. The van der Waals surface area contributed by atoms with Crippen molar-refractivity contribution in [3.05, 3.63) is 45.7 Å². The number of amides is 2. The Labute approximate surface area is 192 Å². The molecule has 0 unspecified atom stereocenters. The van der Waals surface area contributed by atoms with Crippen molar-refractivity contribution >= 4 is 51.6 Å². The molecule has 31 heavy (non-hydrogen) atoms. The molecule has 3 aromatic rings. The molecule has 0 aliphatic rings. The Balaban J connectivity index is 1.55. The van der Waals surface area contributed by atoms with Gasteiger partial charge >= 0.3 is 0 Å². The number of thiazole rings is 1. The third kappa shape index (κ3) is 5.75. The molecule has 9 nitrogen and oxygen atoms in total. The van der Waals surface area contributed by atoms with Crippen molar-refractivity contribution in [2.75, 3.05) is 25.2 Å². The maximum absolute atomic E-state index is 12.3. The van der Waals surface area contributed by atoms with Gasteiger partial charge in [-0.25, -0.2) is 4.98 Å². The van der Waals surface area contributed by atoms with Gasteiger partial charge in [0.2, 0.25) is 5.91 Å². The van der Waals surface area contributed by atoms with Crippen molar-refractivity contribution in [2.45, 2.75) is 18.7 Å². The lowest BCUT2D eigenvalue weighted by atomic mass is 10.3. The fourth-order valence-electron chi connectivity index (χ4n) is 2.44. The maximum Gasteiger partial charge on any atom is 0.265 e. The number of para-hydroxylation sites is 1. The largest absolute Gasteiger partial charge is 0.484 e. The van der Waals surface area contributed by atoms with Gasteiger partial charge < -0.3 is 19.5 Å². The van der Waals surface area contributed by atoms with Gasteiger partial charge in [-0.15, -0.1) is 10.2 Å². The minimum Gasteiger partial charge on any atom is -0.484 e. The molecule has 0 aliphatic carbocycles.